The Bertz CT molecular complexity index is 1300. The number of hydrogen-bond acceptors (Lipinski definition) is 7. The topological polar surface area (TPSA) is 108 Å². The largest absolute Gasteiger partial charge is 0.534 e. The molecule has 0 saturated carbocycles. The summed E-state index contributed by atoms with van der Waals surface area (Å²) < 4.78 is 91.1. The molecule has 0 bridgehead atoms. The van der Waals surface area contributed by atoms with Gasteiger partial charge in [-0.05, 0) is 70.4 Å². The lowest BCUT2D eigenvalue weighted by atomic mass is 9.93. The normalized spacial score (nSPS) is 13.0. The maximum absolute atomic E-state index is 14.1. The van der Waals surface area contributed by atoms with E-state index in [0.29, 0.717) is 17.2 Å². The van der Waals surface area contributed by atoms with E-state index in [1.807, 2.05) is 0 Å². The Labute approximate surface area is 218 Å². The minimum atomic E-state index is -6.11. The summed E-state index contributed by atoms with van der Waals surface area (Å²) in [4.78, 5) is 24.8. The second kappa shape index (κ2) is 11.6. The van der Waals surface area contributed by atoms with Gasteiger partial charge in [0, 0.05) is 11.6 Å². The summed E-state index contributed by atoms with van der Waals surface area (Å²) in [7, 11) is -6.11. The minimum Gasteiger partial charge on any atom is -0.466 e. The van der Waals surface area contributed by atoms with E-state index in [0.717, 1.165) is 6.07 Å². The lowest BCUT2D eigenvalue weighted by Gasteiger charge is -2.24. The van der Waals surface area contributed by atoms with Crippen molar-refractivity contribution in [2.75, 3.05) is 6.61 Å². The van der Waals surface area contributed by atoms with Crippen molar-refractivity contribution in [2.45, 2.75) is 65.1 Å². The Morgan fingerprint density at radius 3 is 2.21 bits per heavy atom. The SMILES string of the molecule is CCOC(=O)C[C@H](NC(=O)OC(C)(C)C)c1cc(C)cc(-c2c(C)cc(F)cc2OS(=O)(=O)C(F)(F)F)c1. The van der Waals surface area contributed by atoms with Gasteiger partial charge in [-0.3, -0.25) is 4.79 Å². The number of rotatable bonds is 8. The molecule has 8 nitrogen and oxygen atoms in total. The molecule has 2 aromatic carbocycles. The summed E-state index contributed by atoms with van der Waals surface area (Å²) in [6, 6.07) is 5.07. The van der Waals surface area contributed by atoms with Crippen LogP contribution >= 0.6 is 0 Å². The lowest BCUT2D eigenvalue weighted by molar-refractivity contribution is -0.143. The monoisotopic (exact) mass is 563 g/mol. The Kier molecular flexibility index (Phi) is 9.41. The average molecular weight is 564 g/mol. The van der Waals surface area contributed by atoms with Gasteiger partial charge in [-0.1, -0.05) is 17.7 Å². The number of carbonyl (C=O) groups excluding carboxylic acids is 2. The van der Waals surface area contributed by atoms with Crippen molar-refractivity contribution in [1.82, 2.24) is 5.32 Å². The smallest absolute Gasteiger partial charge is 0.466 e. The van der Waals surface area contributed by atoms with Crippen molar-refractivity contribution >= 4 is 22.2 Å². The quantitative estimate of drug-likeness (QED) is 0.186. The van der Waals surface area contributed by atoms with E-state index in [9.17, 15) is 35.6 Å². The fraction of sp³-hybridized carbons (Fsp3) is 0.440. The van der Waals surface area contributed by atoms with E-state index >= 15 is 0 Å². The molecule has 0 spiro atoms. The van der Waals surface area contributed by atoms with E-state index in [1.165, 1.54) is 19.1 Å². The number of nitrogens with one attached hydrogen (secondary N) is 1. The van der Waals surface area contributed by atoms with Crippen LogP contribution in [0, 0.1) is 19.7 Å². The molecular formula is C25H29F4NO7S. The molecule has 0 unspecified atom stereocenters. The van der Waals surface area contributed by atoms with E-state index in [-0.39, 0.29) is 29.7 Å². The van der Waals surface area contributed by atoms with Crippen molar-refractivity contribution in [2.24, 2.45) is 0 Å². The van der Waals surface area contributed by atoms with Crippen LogP contribution in [-0.2, 0) is 24.4 Å². The predicted octanol–water partition coefficient (Wildman–Crippen LogP) is 5.86. The summed E-state index contributed by atoms with van der Waals surface area (Å²) in [5.41, 5.74) is -5.63. The number of halogens is 4. The van der Waals surface area contributed by atoms with Crippen LogP contribution in [0.5, 0.6) is 5.75 Å². The number of esters is 1. The van der Waals surface area contributed by atoms with Gasteiger partial charge in [0.2, 0.25) is 0 Å². The second-order valence-electron chi connectivity index (χ2n) is 9.42. The fourth-order valence-corrected chi connectivity index (χ4v) is 4.02. The molecule has 2 aromatic rings. The number of benzene rings is 2. The number of amides is 1. The Morgan fingerprint density at radius 2 is 1.66 bits per heavy atom. The highest BCUT2D eigenvalue weighted by molar-refractivity contribution is 7.88. The third-order valence-electron chi connectivity index (χ3n) is 4.90. The summed E-state index contributed by atoms with van der Waals surface area (Å²) in [5.74, 6) is -2.54. The van der Waals surface area contributed by atoms with Gasteiger partial charge in [-0.15, -0.1) is 0 Å². The average Bonchev–Trinajstić information content (AvgIpc) is 2.70. The molecule has 0 heterocycles. The molecule has 210 valence electrons. The highest BCUT2D eigenvalue weighted by Gasteiger charge is 2.49. The van der Waals surface area contributed by atoms with E-state index in [2.05, 4.69) is 9.50 Å². The molecule has 2 rings (SSSR count). The standard InChI is InChI=1S/C25H29F4NO7S/c1-7-35-21(31)13-19(30-23(32)36-24(4,5)6)16-8-14(2)9-17(11-16)22-15(3)10-18(26)12-20(22)37-38(33,34)25(27,28)29/h8-12,19H,7,13H2,1-6H3,(H,30,32)/t19-/m0/s1. The lowest BCUT2D eigenvalue weighted by Crippen LogP contribution is -2.36. The summed E-state index contributed by atoms with van der Waals surface area (Å²) >= 11 is 0. The van der Waals surface area contributed by atoms with Gasteiger partial charge in [0.05, 0.1) is 19.1 Å². The molecule has 0 radical (unpaired) electrons. The number of alkyl carbamates (subject to hydrolysis) is 1. The first-order valence-electron chi connectivity index (χ1n) is 11.4. The van der Waals surface area contributed by atoms with Gasteiger partial charge in [-0.2, -0.15) is 21.6 Å². The van der Waals surface area contributed by atoms with Gasteiger partial charge < -0.3 is 19.0 Å². The first-order valence-corrected chi connectivity index (χ1v) is 12.8. The molecule has 13 heteroatoms. The summed E-state index contributed by atoms with van der Waals surface area (Å²) in [6.45, 7) is 9.62. The summed E-state index contributed by atoms with van der Waals surface area (Å²) in [6.07, 6.45) is -1.16. The molecule has 0 saturated heterocycles. The van der Waals surface area contributed by atoms with Gasteiger partial charge in [0.15, 0.2) is 5.75 Å². The zero-order valence-corrected chi connectivity index (χ0v) is 22.5. The Morgan fingerprint density at radius 1 is 1.03 bits per heavy atom. The fourth-order valence-electron chi connectivity index (χ4n) is 3.56. The number of ether oxygens (including phenoxy) is 2. The maximum Gasteiger partial charge on any atom is 0.534 e. The van der Waals surface area contributed by atoms with Gasteiger partial charge in [0.1, 0.15) is 11.4 Å². The van der Waals surface area contributed by atoms with Crippen LogP contribution in [0.25, 0.3) is 11.1 Å². The minimum absolute atomic E-state index is 0.0796. The molecular weight excluding hydrogens is 534 g/mol. The highest BCUT2D eigenvalue weighted by Crippen LogP contribution is 2.39. The van der Waals surface area contributed by atoms with Crippen LogP contribution in [0.1, 0.15) is 56.8 Å². The van der Waals surface area contributed by atoms with Crippen LogP contribution in [0.15, 0.2) is 30.3 Å². The van der Waals surface area contributed by atoms with Crippen molar-refractivity contribution in [3.8, 4) is 16.9 Å². The molecule has 38 heavy (non-hydrogen) atoms. The molecule has 0 aliphatic heterocycles. The van der Waals surface area contributed by atoms with Crippen LogP contribution in [-0.4, -0.2) is 38.2 Å². The first-order chi connectivity index (χ1) is 17.3. The number of carbonyl (C=O) groups is 2. The second-order valence-corrected chi connectivity index (χ2v) is 11.0. The highest BCUT2D eigenvalue weighted by atomic mass is 32.2. The molecule has 1 N–H and O–H groups in total. The van der Waals surface area contributed by atoms with E-state index < -0.39 is 50.9 Å². The molecule has 1 atom stereocenters. The summed E-state index contributed by atoms with van der Waals surface area (Å²) in [5, 5.41) is 2.58. The molecule has 0 aromatic heterocycles. The molecule has 1 amide bonds. The molecule has 0 fully saturated rings. The van der Waals surface area contributed by atoms with Crippen LogP contribution in [0.3, 0.4) is 0 Å². The zero-order chi connectivity index (χ0) is 29.1. The maximum atomic E-state index is 14.1. The Balaban J connectivity index is 2.65. The van der Waals surface area contributed by atoms with Gasteiger partial charge in [0.25, 0.3) is 0 Å². The predicted molar refractivity (Wildman–Crippen MR) is 130 cm³/mol. The van der Waals surface area contributed by atoms with Crippen LogP contribution in [0.4, 0.5) is 22.4 Å². The van der Waals surface area contributed by atoms with E-state index in [1.54, 1.807) is 40.7 Å². The van der Waals surface area contributed by atoms with Gasteiger partial charge >= 0.3 is 27.7 Å². The molecule has 0 aliphatic carbocycles. The zero-order valence-electron chi connectivity index (χ0n) is 21.7. The molecule has 0 aliphatic rings. The van der Waals surface area contributed by atoms with Gasteiger partial charge in [-0.25, -0.2) is 9.18 Å². The van der Waals surface area contributed by atoms with Crippen molar-refractivity contribution in [3.63, 3.8) is 0 Å². The number of hydrogen-bond donors (Lipinski definition) is 1. The Hall–Kier alpha value is -3.35. The third-order valence-corrected chi connectivity index (χ3v) is 5.87. The van der Waals surface area contributed by atoms with Crippen molar-refractivity contribution < 1.29 is 49.2 Å². The van der Waals surface area contributed by atoms with Crippen LogP contribution < -0.4 is 9.50 Å². The number of aryl methyl sites for hydroxylation is 2. The van der Waals surface area contributed by atoms with Crippen LogP contribution in [0.2, 0.25) is 0 Å². The number of alkyl halides is 3. The van der Waals surface area contributed by atoms with Crippen molar-refractivity contribution in [3.05, 3.63) is 52.8 Å². The van der Waals surface area contributed by atoms with Crippen molar-refractivity contribution in [1.29, 1.82) is 0 Å². The first kappa shape index (κ1) is 30.9. The van der Waals surface area contributed by atoms with E-state index in [4.69, 9.17) is 9.47 Å². The third kappa shape index (κ3) is 8.33.